The highest BCUT2D eigenvalue weighted by Gasteiger charge is 2.14. The highest BCUT2D eigenvalue weighted by Crippen LogP contribution is 2.23. The second-order valence-electron chi connectivity index (χ2n) is 4.90. The number of halogens is 1. The van der Waals surface area contributed by atoms with Gasteiger partial charge in [-0.15, -0.1) is 0 Å². The Morgan fingerprint density at radius 3 is 2.95 bits per heavy atom. The summed E-state index contributed by atoms with van der Waals surface area (Å²) in [5.74, 6) is 1.73. The zero-order valence-corrected chi connectivity index (χ0v) is 12.6. The van der Waals surface area contributed by atoms with E-state index in [1.54, 1.807) is 4.52 Å². The number of hydrogen-bond donors (Lipinski definition) is 2. The largest absolute Gasteiger partial charge is 0.396 e. The molecule has 6 nitrogen and oxygen atoms in total. The van der Waals surface area contributed by atoms with E-state index in [1.165, 1.54) is 6.33 Å². The molecule has 20 heavy (non-hydrogen) atoms. The Labute approximate surface area is 123 Å². The van der Waals surface area contributed by atoms with Crippen molar-refractivity contribution in [2.75, 3.05) is 18.5 Å². The molecule has 0 saturated carbocycles. The van der Waals surface area contributed by atoms with Crippen LogP contribution in [0.4, 0.5) is 5.82 Å². The molecule has 0 saturated heterocycles. The molecule has 2 aromatic rings. The molecule has 7 heteroatoms. The van der Waals surface area contributed by atoms with Gasteiger partial charge >= 0.3 is 0 Å². The summed E-state index contributed by atoms with van der Waals surface area (Å²) >= 11 is 6.12. The first-order valence-electron chi connectivity index (χ1n) is 6.88. The van der Waals surface area contributed by atoms with Crippen LogP contribution in [-0.4, -0.2) is 37.8 Å². The molecule has 0 spiro atoms. The topological polar surface area (TPSA) is 75.3 Å². The normalized spacial score (nSPS) is 12.8. The Morgan fingerprint density at radius 2 is 2.25 bits per heavy atom. The Kier molecular flexibility index (Phi) is 5.14. The molecular formula is C13H20ClN5O. The van der Waals surface area contributed by atoms with Crippen molar-refractivity contribution in [1.82, 2.24) is 19.6 Å². The number of nitrogens with one attached hydrogen (secondary N) is 1. The van der Waals surface area contributed by atoms with Crippen molar-refractivity contribution in [3.63, 3.8) is 0 Å². The van der Waals surface area contributed by atoms with E-state index >= 15 is 0 Å². The van der Waals surface area contributed by atoms with Gasteiger partial charge in [0.1, 0.15) is 17.3 Å². The van der Waals surface area contributed by atoms with Crippen LogP contribution in [0.1, 0.15) is 31.7 Å². The van der Waals surface area contributed by atoms with Gasteiger partial charge in [0, 0.05) is 18.7 Å². The summed E-state index contributed by atoms with van der Waals surface area (Å²) in [5.41, 5.74) is 0.851. The van der Waals surface area contributed by atoms with Crippen LogP contribution >= 0.6 is 11.6 Å². The minimum absolute atomic E-state index is 0.209. The average Bonchev–Trinajstić information content (AvgIpc) is 2.87. The van der Waals surface area contributed by atoms with Gasteiger partial charge in [-0.05, 0) is 25.7 Å². The third-order valence-electron chi connectivity index (χ3n) is 3.40. The number of nitrogens with zero attached hydrogens (tertiary/aromatic N) is 4. The SMILES string of the molecule is CCCC(CCO)CNc1c(C)c(Cl)nc2ncnn12. The molecule has 2 heterocycles. The van der Waals surface area contributed by atoms with Crippen molar-refractivity contribution in [3.05, 3.63) is 17.0 Å². The number of anilines is 1. The van der Waals surface area contributed by atoms with Crippen LogP contribution < -0.4 is 5.32 Å². The molecule has 2 N–H and O–H groups in total. The molecule has 0 aliphatic rings. The molecule has 0 radical (unpaired) electrons. The maximum atomic E-state index is 9.11. The second-order valence-corrected chi connectivity index (χ2v) is 5.25. The first-order valence-corrected chi connectivity index (χ1v) is 7.25. The first-order chi connectivity index (χ1) is 9.67. The summed E-state index contributed by atoms with van der Waals surface area (Å²) in [6.07, 6.45) is 4.42. The average molecular weight is 298 g/mol. The molecule has 110 valence electrons. The van der Waals surface area contributed by atoms with Gasteiger partial charge in [0.25, 0.3) is 5.78 Å². The second kappa shape index (κ2) is 6.85. The third-order valence-corrected chi connectivity index (χ3v) is 3.76. The van der Waals surface area contributed by atoms with Gasteiger partial charge in [-0.3, -0.25) is 0 Å². The molecular weight excluding hydrogens is 278 g/mol. The molecule has 1 atom stereocenters. The van der Waals surface area contributed by atoms with Gasteiger partial charge in [0.2, 0.25) is 0 Å². The van der Waals surface area contributed by atoms with E-state index in [9.17, 15) is 0 Å². The van der Waals surface area contributed by atoms with Gasteiger partial charge in [0.05, 0.1) is 0 Å². The number of hydrogen-bond acceptors (Lipinski definition) is 5. The number of rotatable bonds is 7. The minimum Gasteiger partial charge on any atom is -0.396 e. The first kappa shape index (κ1) is 15.0. The summed E-state index contributed by atoms with van der Waals surface area (Å²) in [6.45, 7) is 5.03. The standard InChI is InChI=1S/C13H20ClN5O/c1-3-4-10(5-6-20)7-15-12-9(2)11(14)18-13-16-8-17-19(12)13/h8,10,15,20H,3-7H2,1-2H3. The molecule has 2 rings (SSSR count). The lowest BCUT2D eigenvalue weighted by Gasteiger charge is -2.18. The van der Waals surface area contributed by atoms with Crippen LogP contribution in [0.25, 0.3) is 5.78 Å². The van der Waals surface area contributed by atoms with Gasteiger partial charge in [-0.1, -0.05) is 24.9 Å². The van der Waals surface area contributed by atoms with Crippen LogP contribution in [0.5, 0.6) is 0 Å². The minimum atomic E-state index is 0.209. The fourth-order valence-corrected chi connectivity index (χ4v) is 2.45. The van der Waals surface area contributed by atoms with Crippen LogP contribution in [0.2, 0.25) is 5.15 Å². The molecule has 0 aromatic carbocycles. The highest BCUT2D eigenvalue weighted by molar-refractivity contribution is 6.30. The van der Waals surface area contributed by atoms with Crippen molar-refractivity contribution in [3.8, 4) is 0 Å². The van der Waals surface area contributed by atoms with E-state index < -0.39 is 0 Å². The number of fused-ring (bicyclic) bond motifs is 1. The number of aromatic nitrogens is 4. The molecule has 0 amide bonds. The van der Waals surface area contributed by atoms with Gasteiger partial charge in [-0.25, -0.2) is 0 Å². The van der Waals surface area contributed by atoms with Crippen molar-refractivity contribution in [2.24, 2.45) is 5.92 Å². The van der Waals surface area contributed by atoms with E-state index in [1.807, 2.05) is 6.92 Å². The van der Waals surface area contributed by atoms with E-state index in [4.69, 9.17) is 16.7 Å². The summed E-state index contributed by atoms with van der Waals surface area (Å²) in [4.78, 5) is 8.23. The van der Waals surface area contributed by atoms with E-state index in [0.717, 1.165) is 37.2 Å². The van der Waals surface area contributed by atoms with E-state index in [2.05, 4.69) is 27.3 Å². The zero-order chi connectivity index (χ0) is 14.5. The van der Waals surface area contributed by atoms with Gasteiger partial charge < -0.3 is 10.4 Å². The Balaban J connectivity index is 2.19. The van der Waals surface area contributed by atoms with Crippen molar-refractivity contribution >= 4 is 23.2 Å². The Bertz CT molecular complexity index is 565. The fraction of sp³-hybridized carbons (Fsp3) is 0.615. The quantitative estimate of drug-likeness (QED) is 0.767. The smallest absolute Gasteiger partial charge is 0.255 e. The third kappa shape index (κ3) is 3.19. The van der Waals surface area contributed by atoms with Crippen molar-refractivity contribution < 1.29 is 5.11 Å². The molecule has 0 aliphatic heterocycles. The van der Waals surface area contributed by atoms with Crippen LogP contribution in [0.15, 0.2) is 6.33 Å². The summed E-state index contributed by atoms with van der Waals surface area (Å²) in [6, 6.07) is 0. The maximum Gasteiger partial charge on any atom is 0.255 e. The molecule has 2 aromatic heterocycles. The fourth-order valence-electron chi connectivity index (χ4n) is 2.29. The number of aliphatic hydroxyl groups is 1. The van der Waals surface area contributed by atoms with Crippen LogP contribution in [0.3, 0.4) is 0 Å². The van der Waals surface area contributed by atoms with Crippen molar-refractivity contribution in [1.29, 1.82) is 0 Å². The summed E-state index contributed by atoms with van der Waals surface area (Å²) < 4.78 is 1.66. The number of aliphatic hydroxyl groups excluding tert-OH is 1. The molecule has 0 aliphatic carbocycles. The predicted molar refractivity (Wildman–Crippen MR) is 79.1 cm³/mol. The Hall–Kier alpha value is -1.40. The molecule has 0 bridgehead atoms. The van der Waals surface area contributed by atoms with Gasteiger partial charge in [0.15, 0.2) is 0 Å². The van der Waals surface area contributed by atoms with Crippen LogP contribution in [0, 0.1) is 12.8 Å². The lowest BCUT2D eigenvalue weighted by molar-refractivity contribution is 0.255. The lowest BCUT2D eigenvalue weighted by atomic mass is 10.0. The maximum absolute atomic E-state index is 9.11. The Morgan fingerprint density at radius 1 is 1.45 bits per heavy atom. The summed E-state index contributed by atoms with van der Waals surface area (Å²) in [7, 11) is 0. The van der Waals surface area contributed by atoms with Gasteiger partial charge in [-0.2, -0.15) is 19.6 Å². The predicted octanol–water partition coefficient (Wildman–Crippen LogP) is 2.30. The van der Waals surface area contributed by atoms with E-state index in [0.29, 0.717) is 16.8 Å². The molecule has 1 unspecified atom stereocenters. The zero-order valence-electron chi connectivity index (χ0n) is 11.8. The van der Waals surface area contributed by atoms with Crippen molar-refractivity contribution in [2.45, 2.75) is 33.1 Å². The lowest BCUT2D eigenvalue weighted by Crippen LogP contribution is -2.18. The highest BCUT2D eigenvalue weighted by atomic mass is 35.5. The van der Waals surface area contributed by atoms with E-state index in [-0.39, 0.29) is 6.61 Å². The van der Waals surface area contributed by atoms with Crippen LogP contribution in [-0.2, 0) is 0 Å². The summed E-state index contributed by atoms with van der Waals surface area (Å²) in [5, 5.41) is 17.1. The molecule has 0 fully saturated rings. The monoisotopic (exact) mass is 297 g/mol.